The van der Waals surface area contributed by atoms with Gasteiger partial charge in [-0.05, 0) is 32.1 Å². The van der Waals surface area contributed by atoms with Gasteiger partial charge in [-0.1, -0.05) is 6.92 Å². The molecule has 0 spiro atoms. The molecule has 1 heterocycles. The molecule has 1 atom stereocenters. The number of amides is 2. The molecule has 1 unspecified atom stereocenters. The Hall–Kier alpha value is -0.730. The maximum Gasteiger partial charge on any atom is 0.319 e. The number of nitrogens with zero attached hydrogens (tertiary/aromatic N) is 2. The zero-order chi connectivity index (χ0) is 10.6. The first kappa shape index (κ1) is 11.3. The molecule has 0 N–H and O–H groups in total. The van der Waals surface area contributed by atoms with E-state index >= 15 is 0 Å². The Bertz CT molecular complexity index is 194. The van der Waals surface area contributed by atoms with E-state index in [0.29, 0.717) is 0 Å². The minimum absolute atomic E-state index is 0.196. The number of carbonyl (C=O) groups excluding carboxylic acids is 1. The van der Waals surface area contributed by atoms with E-state index in [9.17, 15) is 4.79 Å². The quantitative estimate of drug-likeness (QED) is 0.633. The molecular formula is C11H22N2O. The second-order valence-corrected chi connectivity index (χ2v) is 4.32. The van der Waals surface area contributed by atoms with Crippen LogP contribution in [0.2, 0.25) is 0 Å². The van der Waals surface area contributed by atoms with Crippen LogP contribution in [-0.4, -0.2) is 42.5 Å². The van der Waals surface area contributed by atoms with Crippen LogP contribution in [0.4, 0.5) is 4.79 Å². The Morgan fingerprint density at radius 2 is 2.14 bits per heavy atom. The average molecular weight is 198 g/mol. The summed E-state index contributed by atoms with van der Waals surface area (Å²) >= 11 is 0. The normalized spacial score (nSPS) is 23.1. The van der Waals surface area contributed by atoms with E-state index in [1.165, 1.54) is 6.42 Å². The molecule has 1 aliphatic heterocycles. The summed E-state index contributed by atoms with van der Waals surface area (Å²) < 4.78 is 0. The summed E-state index contributed by atoms with van der Waals surface area (Å²) in [5, 5.41) is 0. The number of urea groups is 1. The van der Waals surface area contributed by atoms with Crippen LogP contribution in [0, 0.1) is 5.92 Å². The fourth-order valence-corrected chi connectivity index (χ4v) is 1.83. The molecule has 0 aromatic rings. The lowest BCUT2D eigenvalue weighted by molar-refractivity contribution is 0.166. The van der Waals surface area contributed by atoms with Crippen molar-refractivity contribution in [3.05, 3.63) is 0 Å². The molecule has 1 saturated heterocycles. The molecular weight excluding hydrogens is 176 g/mol. The predicted octanol–water partition coefficient (Wildman–Crippen LogP) is 2.18. The number of likely N-dealkylation sites (tertiary alicyclic amines) is 1. The van der Waals surface area contributed by atoms with Crippen molar-refractivity contribution in [3.8, 4) is 0 Å². The molecule has 14 heavy (non-hydrogen) atoms. The topological polar surface area (TPSA) is 23.6 Å². The van der Waals surface area contributed by atoms with Crippen molar-refractivity contribution in [1.82, 2.24) is 9.80 Å². The number of hydrogen-bond donors (Lipinski definition) is 0. The Morgan fingerprint density at radius 1 is 1.43 bits per heavy atom. The maximum atomic E-state index is 11.8. The molecule has 2 amide bonds. The van der Waals surface area contributed by atoms with E-state index in [1.807, 2.05) is 18.9 Å². The summed E-state index contributed by atoms with van der Waals surface area (Å²) in [6.45, 7) is 6.96. The lowest BCUT2D eigenvalue weighted by atomic mass is 10.0. The molecule has 82 valence electrons. The first-order valence-electron chi connectivity index (χ1n) is 5.65. The van der Waals surface area contributed by atoms with Gasteiger partial charge in [-0.2, -0.15) is 0 Å². The summed E-state index contributed by atoms with van der Waals surface area (Å²) in [7, 11) is 1.87. The smallest absolute Gasteiger partial charge is 0.319 e. The SMILES string of the molecule is CCN(C)C(=O)N1CCCC(C)CC1. The van der Waals surface area contributed by atoms with Crippen molar-refractivity contribution in [2.24, 2.45) is 5.92 Å². The molecule has 0 aromatic heterocycles. The van der Waals surface area contributed by atoms with Crippen molar-refractivity contribution in [1.29, 1.82) is 0 Å². The van der Waals surface area contributed by atoms with Gasteiger partial charge in [0.25, 0.3) is 0 Å². The second-order valence-electron chi connectivity index (χ2n) is 4.32. The molecule has 1 rings (SSSR count). The van der Waals surface area contributed by atoms with Crippen LogP contribution >= 0.6 is 0 Å². The first-order valence-corrected chi connectivity index (χ1v) is 5.65. The van der Waals surface area contributed by atoms with Crippen molar-refractivity contribution >= 4 is 6.03 Å². The zero-order valence-electron chi connectivity index (χ0n) is 9.62. The van der Waals surface area contributed by atoms with Gasteiger partial charge < -0.3 is 9.80 Å². The van der Waals surface area contributed by atoms with Crippen LogP contribution in [0.1, 0.15) is 33.1 Å². The molecule has 0 bridgehead atoms. The molecule has 1 aliphatic rings. The van der Waals surface area contributed by atoms with E-state index in [-0.39, 0.29) is 6.03 Å². The Morgan fingerprint density at radius 3 is 2.79 bits per heavy atom. The minimum atomic E-state index is 0.196. The summed E-state index contributed by atoms with van der Waals surface area (Å²) in [6.07, 6.45) is 3.58. The molecule has 0 radical (unpaired) electrons. The van der Waals surface area contributed by atoms with E-state index < -0.39 is 0 Å². The van der Waals surface area contributed by atoms with Crippen molar-refractivity contribution in [2.75, 3.05) is 26.7 Å². The molecule has 0 saturated carbocycles. The largest absolute Gasteiger partial charge is 0.328 e. The van der Waals surface area contributed by atoms with E-state index in [1.54, 1.807) is 4.90 Å². The Labute approximate surface area is 87.1 Å². The van der Waals surface area contributed by atoms with E-state index in [0.717, 1.165) is 38.4 Å². The third-order valence-corrected chi connectivity index (χ3v) is 3.09. The number of carbonyl (C=O) groups is 1. The number of rotatable bonds is 1. The van der Waals surface area contributed by atoms with Crippen molar-refractivity contribution < 1.29 is 4.79 Å². The summed E-state index contributed by atoms with van der Waals surface area (Å²) in [4.78, 5) is 15.6. The van der Waals surface area contributed by atoms with E-state index in [4.69, 9.17) is 0 Å². The monoisotopic (exact) mass is 198 g/mol. The Kier molecular flexibility index (Phi) is 4.23. The fourth-order valence-electron chi connectivity index (χ4n) is 1.83. The summed E-state index contributed by atoms with van der Waals surface area (Å²) in [6, 6.07) is 0.196. The lowest BCUT2D eigenvalue weighted by Crippen LogP contribution is -2.41. The molecule has 1 fully saturated rings. The molecule has 0 aliphatic carbocycles. The van der Waals surface area contributed by atoms with Crippen LogP contribution in [0.25, 0.3) is 0 Å². The van der Waals surface area contributed by atoms with Crippen LogP contribution in [-0.2, 0) is 0 Å². The standard InChI is InChI=1S/C11H22N2O/c1-4-12(3)11(14)13-8-5-6-10(2)7-9-13/h10H,4-9H2,1-3H3. The third-order valence-electron chi connectivity index (χ3n) is 3.09. The molecule has 0 aromatic carbocycles. The van der Waals surface area contributed by atoms with Gasteiger partial charge in [0.1, 0.15) is 0 Å². The average Bonchev–Trinajstić information content (AvgIpc) is 2.40. The lowest BCUT2D eigenvalue weighted by Gasteiger charge is -2.26. The van der Waals surface area contributed by atoms with Gasteiger partial charge in [0.2, 0.25) is 0 Å². The first-order chi connectivity index (χ1) is 6.65. The van der Waals surface area contributed by atoms with Gasteiger partial charge in [0, 0.05) is 26.7 Å². The van der Waals surface area contributed by atoms with Gasteiger partial charge in [-0.25, -0.2) is 4.79 Å². The summed E-state index contributed by atoms with van der Waals surface area (Å²) in [5.41, 5.74) is 0. The molecule has 3 nitrogen and oxygen atoms in total. The van der Waals surface area contributed by atoms with Crippen LogP contribution in [0.15, 0.2) is 0 Å². The van der Waals surface area contributed by atoms with Crippen LogP contribution in [0.5, 0.6) is 0 Å². The van der Waals surface area contributed by atoms with Crippen LogP contribution < -0.4 is 0 Å². The molecule has 3 heteroatoms. The Balaban J connectivity index is 2.47. The van der Waals surface area contributed by atoms with Gasteiger partial charge >= 0.3 is 6.03 Å². The maximum absolute atomic E-state index is 11.8. The highest BCUT2D eigenvalue weighted by atomic mass is 16.2. The van der Waals surface area contributed by atoms with E-state index in [2.05, 4.69) is 6.92 Å². The van der Waals surface area contributed by atoms with Crippen molar-refractivity contribution in [2.45, 2.75) is 33.1 Å². The number of hydrogen-bond acceptors (Lipinski definition) is 1. The van der Waals surface area contributed by atoms with Gasteiger partial charge in [-0.15, -0.1) is 0 Å². The zero-order valence-corrected chi connectivity index (χ0v) is 9.62. The highest BCUT2D eigenvalue weighted by molar-refractivity contribution is 5.74. The highest BCUT2D eigenvalue weighted by Crippen LogP contribution is 2.17. The van der Waals surface area contributed by atoms with Crippen LogP contribution in [0.3, 0.4) is 0 Å². The van der Waals surface area contributed by atoms with Gasteiger partial charge in [0.05, 0.1) is 0 Å². The fraction of sp³-hybridized carbons (Fsp3) is 0.909. The second kappa shape index (κ2) is 5.23. The predicted molar refractivity (Wildman–Crippen MR) is 58.3 cm³/mol. The third kappa shape index (κ3) is 2.89. The van der Waals surface area contributed by atoms with Gasteiger partial charge in [-0.3, -0.25) is 0 Å². The highest BCUT2D eigenvalue weighted by Gasteiger charge is 2.20. The van der Waals surface area contributed by atoms with Crippen molar-refractivity contribution in [3.63, 3.8) is 0 Å². The minimum Gasteiger partial charge on any atom is -0.328 e. The summed E-state index contributed by atoms with van der Waals surface area (Å²) in [5.74, 6) is 0.778. The van der Waals surface area contributed by atoms with Gasteiger partial charge in [0.15, 0.2) is 0 Å².